The normalized spacial score (nSPS) is 9.58. The summed E-state index contributed by atoms with van der Waals surface area (Å²) in [5.41, 5.74) is 0. The van der Waals surface area contributed by atoms with Crippen LogP contribution in [0.15, 0.2) is 12.7 Å². The largest absolute Gasteiger partial charge is 0.480 e. The molecular weight excluding hydrogens is 252 g/mol. The number of likely N-dealkylation sites (N-methyl/N-ethyl adjacent to an activating group) is 1. The summed E-state index contributed by atoms with van der Waals surface area (Å²) >= 11 is 0. The Labute approximate surface area is 112 Å². The van der Waals surface area contributed by atoms with Crippen molar-refractivity contribution in [3.63, 3.8) is 0 Å². The summed E-state index contributed by atoms with van der Waals surface area (Å²) in [6.07, 6.45) is 1.43. The van der Waals surface area contributed by atoms with Gasteiger partial charge in [0.05, 0.1) is 6.61 Å². The van der Waals surface area contributed by atoms with Gasteiger partial charge < -0.3 is 19.6 Å². The number of carbonyl (C=O) groups is 3. The standard InChI is InChI=1S/C12H20N2O5/c1-4-7-14(8-10(15)16)12(18)13(5-2)9-11(17)19-6-3/h4H,1,5-9H2,2-3H3,(H,15,16). The number of urea groups is 1. The summed E-state index contributed by atoms with van der Waals surface area (Å²) in [4.78, 5) is 36.4. The maximum atomic E-state index is 12.1. The number of amides is 2. The predicted octanol–water partition coefficient (Wildman–Crippen LogP) is 0.564. The molecule has 0 aliphatic carbocycles. The molecule has 0 atom stereocenters. The zero-order chi connectivity index (χ0) is 14.8. The molecule has 0 fully saturated rings. The molecule has 0 aliphatic heterocycles. The fourth-order valence-electron chi connectivity index (χ4n) is 1.41. The highest BCUT2D eigenvalue weighted by molar-refractivity contribution is 5.83. The molecule has 108 valence electrons. The third kappa shape index (κ3) is 6.44. The van der Waals surface area contributed by atoms with Crippen molar-refractivity contribution >= 4 is 18.0 Å². The highest BCUT2D eigenvalue weighted by Gasteiger charge is 2.23. The molecule has 0 rings (SSSR count). The molecule has 0 radical (unpaired) electrons. The van der Waals surface area contributed by atoms with Crippen molar-refractivity contribution in [2.75, 3.05) is 32.8 Å². The summed E-state index contributed by atoms with van der Waals surface area (Å²) in [6, 6.07) is -0.530. The maximum absolute atomic E-state index is 12.1. The third-order valence-electron chi connectivity index (χ3n) is 2.22. The number of aliphatic carboxylic acids is 1. The van der Waals surface area contributed by atoms with Crippen LogP contribution < -0.4 is 0 Å². The van der Waals surface area contributed by atoms with Crippen LogP contribution in [-0.2, 0) is 14.3 Å². The first kappa shape index (κ1) is 16.9. The maximum Gasteiger partial charge on any atom is 0.325 e. The minimum absolute atomic E-state index is 0.102. The Morgan fingerprint density at radius 2 is 1.84 bits per heavy atom. The molecule has 0 aromatic carbocycles. The number of hydrogen-bond donors (Lipinski definition) is 1. The van der Waals surface area contributed by atoms with Crippen LogP contribution in [0.25, 0.3) is 0 Å². The minimum atomic E-state index is -1.12. The van der Waals surface area contributed by atoms with Gasteiger partial charge in [0.25, 0.3) is 0 Å². The quantitative estimate of drug-likeness (QED) is 0.515. The van der Waals surface area contributed by atoms with Gasteiger partial charge >= 0.3 is 18.0 Å². The Bertz CT molecular complexity index is 343. The number of ether oxygens (including phenoxy) is 1. The molecule has 7 nitrogen and oxygen atoms in total. The van der Waals surface area contributed by atoms with E-state index in [1.807, 2.05) is 0 Å². The van der Waals surface area contributed by atoms with E-state index in [1.165, 1.54) is 11.0 Å². The van der Waals surface area contributed by atoms with E-state index >= 15 is 0 Å². The van der Waals surface area contributed by atoms with Crippen LogP contribution >= 0.6 is 0 Å². The van der Waals surface area contributed by atoms with Crippen LogP contribution in [-0.4, -0.2) is 65.7 Å². The van der Waals surface area contributed by atoms with Crippen molar-refractivity contribution in [3.8, 4) is 0 Å². The second kappa shape index (κ2) is 8.96. The van der Waals surface area contributed by atoms with Crippen molar-refractivity contribution in [2.45, 2.75) is 13.8 Å². The second-order valence-electron chi connectivity index (χ2n) is 3.66. The van der Waals surface area contributed by atoms with E-state index in [-0.39, 0.29) is 26.2 Å². The van der Waals surface area contributed by atoms with Crippen LogP contribution in [0, 0.1) is 0 Å². The van der Waals surface area contributed by atoms with Crippen molar-refractivity contribution in [2.24, 2.45) is 0 Å². The fourth-order valence-corrected chi connectivity index (χ4v) is 1.41. The number of rotatable bonds is 8. The molecular formula is C12H20N2O5. The summed E-state index contributed by atoms with van der Waals surface area (Å²) < 4.78 is 4.76. The van der Waals surface area contributed by atoms with E-state index in [0.29, 0.717) is 0 Å². The minimum Gasteiger partial charge on any atom is -0.480 e. The lowest BCUT2D eigenvalue weighted by atomic mass is 10.4. The number of carbonyl (C=O) groups excluding carboxylic acids is 2. The van der Waals surface area contributed by atoms with Crippen molar-refractivity contribution in [1.82, 2.24) is 9.80 Å². The first-order valence-electron chi connectivity index (χ1n) is 5.98. The Kier molecular flexibility index (Phi) is 7.99. The lowest BCUT2D eigenvalue weighted by molar-refractivity contribution is -0.143. The van der Waals surface area contributed by atoms with Gasteiger partial charge in [-0.1, -0.05) is 6.08 Å². The number of nitrogens with zero attached hydrogens (tertiary/aromatic N) is 2. The number of esters is 1. The van der Waals surface area contributed by atoms with Gasteiger partial charge in [-0.3, -0.25) is 9.59 Å². The first-order chi connectivity index (χ1) is 8.96. The Morgan fingerprint density at radius 1 is 1.21 bits per heavy atom. The highest BCUT2D eigenvalue weighted by Crippen LogP contribution is 2.00. The van der Waals surface area contributed by atoms with Gasteiger partial charge in [-0.05, 0) is 13.8 Å². The second-order valence-corrected chi connectivity index (χ2v) is 3.66. The van der Waals surface area contributed by atoms with Gasteiger partial charge in [-0.15, -0.1) is 6.58 Å². The number of hydrogen-bond acceptors (Lipinski definition) is 4. The lowest BCUT2D eigenvalue weighted by Crippen LogP contribution is -2.47. The SMILES string of the molecule is C=CCN(CC(=O)O)C(=O)N(CC)CC(=O)OCC. The molecule has 1 N–H and O–H groups in total. The molecule has 0 unspecified atom stereocenters. The summed E-state index contributed by atoms with van der Waals surface area (Å²) in [7, 11) is 0. The average Bonchev–Trinajstić information content (AvgIpc) is 2.34. The van der Waals surface area contributed by atoms with Crippen LogP contribution in [0.3, 0.4) is 0 Å². The van der Waals surface area contributed by atoms with E-state index in [0.717, 1.165) is 4.90 Å². The van der Waals surface area contributed by atoms with Crippen LogP contribution in [0.1, 0.15) is 13.8 Å². The predicted molar refractivity (Wildman–Crippen MR) is 68.7 cm³/mol. The average molecular weight is 272 g/mol. The molecule has 2 amide bonds. The number of carboxylic acid groups (broad SMARTS) is 1. The van der Waals surface area contributed by atoms with E-state index in [2.05, 4.69) is 6.58 Å². The molecule has 0 heterocycles. The lowest BCUT2D eigenvalue weighted by Gasteiger charge is -2.27. The van der Waals surface area contributed by atoms with Gasteiger partial charge in [0, 0.05) is 13.1 Å². The smallest absolute Gasteiger partial charge is 0.325 e. The highest BCUT2D eigenvalue weighted by atomic mass is 16.5. The number of carboxylic acids is 1. The van der Waals surface area contributed by atoms with E-state index < -0.39 is 24.5 Å². The zero-order valence-corrected chi connectivity index (χ0v) is 11.3. The van der Waals surface area contributed by atoms with Gasteiger partial charge in [0.1, 0.15) is 13.1 Å². The molecule has 19 heavy (non-hydrogen) atoms. The van der Waals surface area contributed by atoms with E-state index in [1.54, 1.807) is 13.8 Å². The van der Waals surface area contributed by atoms with Crippen LogP contribution in [0.4, 0.5) is 4.79 Å². The Morgan fingerprint density at radius 3 is 2.26 bits per heavy atom. The molecule has 0 aromatic rings. The van der Waals surface area contributed by atoms with Crippen LogP contribution in [0.5, 0.6) is 0 Å². The first-order valence-corrected chi connectivity index (χ1v) is 5.98. The monoisotopic (exact) mass is 272 g/mol. The summed E-state index contributed by atoms with van der Waals surface area (Å²) in [5, 5.41) is 8.74. The van der Waals surface area contributed by atoms with Crippen molar-refractivity contribution < 1.29 is 24.2 Å². The van der Waals surface area contributed by atoms with Gasteiger partial charge in [0.15, 0.2) is 0 Å². The van der Waals surface area contributed by atoms with Gasteiger partial charge in [-0.25, -0.2) is 4.79 Å². The van der Waals surface area contributed by atoms with Crippen LogP contribution in [0.2, 0.25) is 0 Å². The molecule has 0 bridgehead atoms. The fraction of sp³-hybridized carbons (Fsp3) is 0.583. The van der Waals surface area contributed by atoms with E-state index in [9.17, 15) is 14.4 Å². The van der Waals surface area contributed by atoms with Gasteiger partial charge in [0.2, 0.25) is 0 Å². The molecule has 0 spiro atoms. The molecule has 7 heteroatoms. The van der Waals surface area contributed by atoms with Gasteiger partial charge in [-0.2, -0.15) is 0 Å². The molecule has 0 saturated carbocycles. The Balaban J connectivity index is 4.71. The van der Waals surface area contributed by atoms with Crippen molar-refractivity contribution in [3.05, 3.63) is 12.7 Å². The molecule has 0 saturated heterocycles. The Hall–Kier alpha value is -2.05. The zero-order valence-electron chi connectivity index (χ0n) is 11.3. The van der Waals surface area contributed by atoms with Crippen molar-refractivity contribution in [1.29, 1.82) is 0 Å². The molecule has 0 aliphatic rings. The van der Waals surface area contributed by atoms with E-state index in [4.69, 9.17) is 9.84 Å². The summed E-state index contributed by atoms with van der Waals surface area (Å²) in [6.45, 7) is 6.82. The topological polar surface area (TPSA) is 87.2 Å². The molecule has 0 aromatic heterocycles. The summed E-state index contributed by atoms with van der Waals surface area (Å²) in [5.74, 6) is -1.64. The third-order valence-corrected chi connectivity index (χ3v) is 2.22.